The van der Waals surface area contributed by atoms with Crippen molar-refractivity contribution in [3.63, 3.8) is 0 Å². The van der Waals surface area contributed by atoms with Gasteiger partial charge in [0.05, 0.1) is 5.69 Å². The number of carbonyl (C=O) groups is 1. The lowest BCUT2D eigenvalue weighted by molar-refractivity contribution is -0.134. The van der Waals surface area contributed by atoms with Crippen LogP contribution >= 0.6 is 0 Å². The van der Waals surface area contributed by atoms with Gasteiger partial charge < -0.3 is 9.64 Å². The fraction of sp³-hybridized carbons (Fsp3) is 0.400. The van der Waals surface area contributed by atoms with Crippen LogP contribution in [0.1, 0.15) is 18.0 Å². The number of methoxy groups -OCH3 is 1. The quantitative estimate of drug-likeness (QED) is 0.879. The van der Waals surface area contributed by atoms with Crippen LogP contribution in [-0.2, 0) is 9.53 Å². The van der Waals surface area contributed by atoms with Crippen molar-refractivity contribution in [2.24, 2.45) is 0 Å². The Morgan fingerprint density at radius 1 is 1.30 bits per heavy atom. The Balaban J connectivity index is 1.67. The van der Waals surface area contributed by atoms with Gasteiger partial charge in [-0.05, 0) is 18.6 Å². The molecule has 1 aliphatic rings. The molecule has 1 saturated heterocycles. The minimum absolute atomic E-state index is 0.0140. The molecule has 2 aromatic heterocycles. The molecule has 0 unspecified atom stereocenters. The van der Waals surface area contributed by atoms with E-state index >= 15 is 0 Å². The summed E-state index contributed by atoms with van der Waals surface area (Å²) in [7, 11) is 1.53. The number of ether oxygens (including phenoxy) is 1. The maximum atomic E-state index is 11.9. The molecule has 8 heteroatoms. The standard InChI is InChI=1S/C15H18N6O2/c1-23-10-13(22)21-8-4-11(9-21)12-3-7-18-15(19-12)20-14-16-5-2-6-17-14/h2-3,5-7,11H,4,8-10H2,1H3,(H,16,17,18,19,20)/t11-/m0/s1. The minimum Gasteiger partial charge on any atom is -0.375 e. The second-order valence-corrected chi connectivity index (χ2v) is 5.26. The number of anilines is 2. The first-order chi connectivity index (χ1) is 11.3. The number of amides is 1. The molecule has 0 aromatic carbocycles. The number of rotatable bonds is 5. The number of aromatic nitrogens is 4. The van der Waals surface area contributed by atoms with Crippen LogP contribution in [0.2, 0.25) is 0 Å². The van der Waals surface area contributed by atoms with Crippen LogP contribution in [0.25, 0.3) is 0 Å². The largest absolute Gasteiger partial charge is 0.375 e. The van der Waals surface area contributed by atoms with E-state index in [0.717, 1.165) is 18.7 Å². The van der Waals surface area contributed by atoms with Gasteiger partial charge in [0.15, 0.2) is 0 Å². The van der Waals surface area contributed by atoms with Gasteiger partial charge in [-0.15, -0.1) is 0 Å². The maximum absolute atomic E-state index is 11.9. The SMILES string of the molecule is COCC(=O)N1CC[C@H](c2ccnc(Nc3ncccn3)n2)C1. The van der Waals surface area contributed by atoms with Gasteiger partial charge in [0.25, 0.3) is 0 Å². The molecule has 8 nitrogen and oxygen atoms in total. The number of nitrogens with one attached hydrogen (secondary N) is 1. The average Bonchev–Trinajstić information content (AvgIpc) is 3.06. The first-order valence-corrected chi connectivity index (χ1v) is 7.40. The van der Waals surface area contributed by atoms with Crippen LogP contribution in [-0.4, -0.2) is 57.5 Å². The van der Waals surface area contributed by atoms with Crippen molar-refractivity contribution in [3.05, 3.63) is 36.4 Å². The van der Waals surface area contributed by atoms with E-state index < -0.39 is 0 Å². The molecule has 3 heterocycles. The summed E-state index contributed by atoms with van der Waals surface area (Å²) in [5, 5.41) is 2.98. The summed E-state index contributed by atoms with van der Waals surface area (Å²) in [5.41, 5.74) is 0.908. The average molecular weight is 314 g/mol. The highest BCUT2D eigenvalue weighted by molar-refractivity contribution is 5.77. The summed E-state index contributed by atoms with van der Waals surface area (Å²) in [4.78, 5) is 30.6. The molecule has 1 aliphatic heterocycles. The van der Waals surface area contributed by atoms with Crippen molar-refractivity contribution in [3.8, 4) is 0 Å². The lowest BCUT2D eigenvalue weighted by atomic mass is 10.1. The highest BCUT2D eigenvalue weighted by Crippen LogP contribution is 2.26. The van der Waals surface area contributed by atoms with Crippen LogP contribution < -0.4 is 5.32 Å². The van der Waals surface area contributed by atoms with Crippen molar-refractivity contribution in [1.82, 2.24) is 24.8 Å². The van der Waals surface area contributed by atoms with Crippen LogP contribution in [0.4, 0.5) is 11.9 Å². The molecule has 1 amide bonds. The van der Waals surface area contributed by atoms with Crippen LogP contribution in [0, 0.1) is 0 Å². The highest BCUT2D eigenvalue weighted by Gasteiger charge is 2.28. The van der Waals surface area contributed by atoms with Gasteiger partial charge in [-0.3, -0.25) is 10.1 Å². The monoisotopic (exact) mass is 314 g/mol. The van der Waals surface area contributed by atoms with Crippen molar-refractivity contribution in [2.45, 2.75) is 12.3 Å². The summed E-state index contributed by atoms with van der Waals surface area (Å²) in [6.07, 6.45) is 5.88. The predicted molar refractivity (Wildman–Crippen MR) is 83.2 cm³/mol. The number of likely N-dealkylation sites (tertiary alicyclic amines) is 1. The summed E-state index contributed by atoms with van der Waals surface area (Å²) >= 11 is 0. The lowest BCUT2D eigenvalue weighted by Crippen LogP contribution is -2.31. The van der Waals surface area contributed by atoms with E-state index in [0.29, 0.717) is 18.4 Å². The van der Waals surface area contributed by atoms with Gasteiger partial charge in [0.1, 0.15) is 6.61 Å². The van der Waals surface area contributed by atoms with Gasteiger partial charge in [0, 0.05) is 44.7 Å². The van der Waals surface area contributed by atoms with Gasteiger partial charge in [-0.1, -0.05) is 0 Å². The van der Waals surface area contributed by atoms with Crippen molar-refractivity contribution < 1.29 is 9.53 Å². The summed E-state index contributed by atoms with van der Waals surface area (Å²) in [6, 6.07) is 3.62. The fourth-order valence-corrected chi connectivity index (χ4v) is 2.57. The van der Waals surface area contributed by atoms with E-state index in [1.54, 1.807) is 24.7 Å². The minimum atomic E-state index is 0.0140. The molecular formula is C15H18N6O2. The van der Waals surface area contributed by atoms with Gasteiger partial charge in [0.2, 0.25) is 17.8 Å². The molecule has 0 bridgehead atoms. The second-order valence-electron chi connectivity index (χ2n) is 5.26. The first-order valence-electron chi connectivity index (χ1n) is 7.40. The summed E-state index contributed by atoms with van der Waals surface area (Å²) in [5.74, 6) is 1.12. The molecule has 0 radical (unpaired) electrons. The third-order valence-corrected chi connectivity index (χ3v) is 3.69. The van der Waals surface area contributed by atoms with Crippen molar-refractivity contribution in [2.75, 3.05) is 32.1 Å². The zero-order valence-electron chi connectivity index (χ0n) is 12.8. The Hall–Kier alpha value is -2.61. The van der Waals surface area contributed by atoms with E-state index in [2.05, 4.69) is 25.3 Å². The third-order valence-electron chi connectivity index (χ3n) is 3.69. The summed E-state index contributed by atoms with van der Waals surface area (Å²) < 4.78 is 4.90. The predicted octanol–water partition coefficient (Wildman–Crippen LogP) is 0.973. The molecule has 0 saturated carbocycles. The fourth-order valence-electron chi connectivity index (χ4n) is 2.57. The Morgan fingerprint density at radius 2 is 2.09 bits per heavy atom. The Morgan fingerprint density at radius 3 is 2.87 bits per heavy atom. The number of hydrogen-bond donors (Lipinski definition) is 1. The van der Waals surface area contributed by atoms with Gasteiger partial charge in [-0.2, -0.15) is 0 Å². The van der Waals surface area contributed by atoms with Gasteiger partial charge in [-0.25, -0.2) is 19.9 Å². The zero-order chi connectivity index (χ0) is 16.1. The Labute approximate surface area is 134 Å². The molecule has 23 heavy (non-hydrogen) atoms. The van der Waals surface area contributed by atoms with Crippen LogP contribution in [0.3, 0.4) is 0 Å². The normalized spacial score (nSPS) is 17.3. The number of nitrogens with zero attached hydrogens (tertiary/aromatic N) is 5. The number of carbonyl (C=O) groups excluding carboxylic acids is 1. The van der Waals surface area contributed by atoms with E-state index in [9.17, 15) is 4.79 Å². The van der Waals surface area contributed by atoms with Gasteiger partial charge >= 0.3 is 0 Å². The van der Waals surface area contributed by atoms with E-state index in [-0.39, 0.29) is 18.4 Å². The Bertz CT molecular complexity index is 666. The maximum Gasteiger partial charge on any atom is 0.248 e. The molecule has 120 valence electrons. The smallest absolute Gasteiger partial charge is 0.248 e. The second kappa shape index (κ2) is 7.10. The zero-order valence-corrected chi connectivity index (χ0v) is 12.8. The molecular weight excluding hydrogens is 296 g/mol. The van der Waals surface area contributed by atoms with Crippen molar-refractivity contribution >= 4 is 17.8 Å². The molecule has 1 N–H and O–H groups in total. The lowest BCUT2D eigenvalue weighted by Gasteiger charge is -2.16. The Kier molecular flexibility index (Phi) is 4.72. The highest BCUT2D eigenvalue weighted by atomic mass is 16.5. The number of hydrogen-bond acceptors (Lipinski definition) is 7. The van der Waals surface area contributed by atoms with Crippen LogP contribution in [0.15, 0.2) is 30.7 Å². The summed E-state index contributed by atoms with van der Waals surface area (Å²) in [6.45, 7) is 1.50. The molecule has 1 fully saturated rings. The van der Waals surface area contributed by atoms with Crippen LogP contribution in [0.5, 0.6) is 0 Å². The molecule has 3 rings (SSSR count). The van der Waals surface area contributed by atoms with E-state index in [1.165, 1.54) is 7.11 Å². The molecule has 1 atom stereocenters. The third kappa shape index (κ3) is 3.78. The van der Waals surface area contributed by atoms with E-state index in [4.69, 9.17) is 4.74 Å². The van der Waals surface area contributed by atoms with Crippen molar-refractivity contribution in [1.29, 1.82) is 0 Å². The first kappa shape index (κ1) is 15.3. The topological polar surface area (TPSA) is 93.1 Å². The molecule has 2 aromatic rings. The molecule has 0 aliphatic carbocycles. The van der Waals surface area contributed by atoms with E-state index in [1.807, 2.05) is 11.0 Å². The molecule has 0 spiro atoms.